The van der Waals surface area contributed by atoms with Crippen molar-refractivity contribution in [2.75, 3.05) is 20.6 Å². The minimum Gasteiger partial charge on any atom is -0.356 e. The van der Waals surface area contributed by atoms with Crippen LogP contribution in [0.5, 0.6) is 0 Å². The molecular formula is C14H27IN4. The van der Waals surface area contributed by atoms with Crippen molar-refractivity contribution in [3.63, 3.8) is 0 Å². The van der Waals surface area contributed by atoms with Gasteiger partial charge in [-0.2, -0.15) is 0 Å². The van der Waals surface area contributed by atoms with Gasteiger partial charge in [0.2, 0.25) is 0 Å². The lowest BCUT2D eigenvalue weighted by Gasteiger charge is -2.22. The highest BCUT2D eigenvalue weighted by molar-refractivity contribution is 14.0. The van der Waals surface area contributed by atoms with E-state index in [0.717, 1.165) is 25.5 Å². The number of guanidine groups is 1. The lowest BCUT2D eigenvalue weighted by atomic mass is 10.1. The van der Waals surface area contributed by atoms with E-state index in [1.807, 2.05) is 7.05 Å². The summed E-state index contributed by atoms with van der Waals surface area (Å²) in [7, 11) is 5.97. The van der Waals surface area contributed by atoms with Crippen LogP contribution in [0.2, 0.25) is 0 Å². The molecule has 0 aromatic carbocycles. The summed E-state index contributed by atoms with van der Waals surface area (Å²) in [4.78, 5) is 6.47. The maximum Gasteiger partial charge on any atom is 0.193 e. The average molecular weight is 378 g/mol. The fourth-order valence-corrected chi connectivity index (χ4v) is 1.84. The second-order valence-corrected chi connectivity index (χ2v) is 5.12. The molecule has 0 bridgehead atoms. The van der Waals surface area contributed by atoms with Gasteiger partial charge in [-0.15, -0.1) is 24.0 Å². The van der Waals surface area contributed by atoms with Crippen LogP contribution in [0, 0.1) is 5.92 Å². The number of hydrogen-bond acceptors (Lipinski definition) is 1. The van der Waals surface area contributed by atoms with E-state index in [4.69, 9.17) is 0 Å². The molecule has 0 atom stereocenters. The first-order valence-electron chi connectivity index (χ1n) is 6.56. The highest BCUT2D eigenvalue weighted by atomic mass is 127. The summed E-state index contributed by atoms with van der Waals surface area (Å²) >= 11 is 0. The van der Waals surface area contributed by atoms with Gasteiger partial charge in [-0.1, -0.05) is 13.8 Å². The maximum absolute atomic E-state index is 4.32. The van der Waals surface area contributed by atoms with Crippen LogP contribution in [0.3, 0.4) is 0 Å². The van der Waals surface area contributed by atoms with Crippen LogP contribution in [-0.2, 0) is 13.6 Å². The SMILES string of the molecule is CN=C(NCCC(C)C)N(C)Cc1cccn1C.I. The molecule has 4 nitrogen and oxygen atoms in total. The minimum absolute atomic E-state index is 0. The first-order chi connectivity index (χ1) is 8.54. The highest BCUT2D eigenvalue weighted by Crippen LogP contribution is 2.04. The first kappa shape index (κ1) is 18.3. The van der Waals surface area contributed by atoms with Gasteiger partial charge in [0.15, 0.2) is 5.96 Å². The van der Waals surface area contributed by atoms with E-state index < -0.39 is 0 Å². The van der Waals surface area contributed by atoms with Gasteiger partial charge in [-0.05, 0) is 24.5 Å². The van der Waals surface area contributed by atoms with Gasteiger partial charge in [0.25, 0.3) is 0 Å². The summed E-state index contributed by atoms with van der Waals surface area (Å²) in [5, 5.41) is 3.40. The smallest absolute Gasteiger partial charge is 0.193 e. The van der Waals surface area contributed by atoms with E-state index in [9.17, 15) is 0 Å². The monoisotopic (exact) mass is 378 g/mol. The van der Waals surface area contributed by atoms with Crippen LogP contribution in [0.15, 0.2) is 23.3 Å². The highest BCUT2D eigenvalue weighted by Gasteiger charge is 2.07. The van der Waals surface area contributed by atoms with E-state index in [1.165, 1.54) is 5.69 Å². The molecule has 1 rings (SSSR count). The Kier molecular flexibility index (Phi) is 8.88. The summed E-state index contributed by atoms with van der Waals surface area (Å²) in [6.07, 6.45) is 3.23. The molecule has 0 radical (unpaired) electrons. The molecule has 1 N–H and O–H groups in total. The number of hydrogen-bond donors (Lipinski definition) is 1. The topological polar surface area (TPSA) is 32.6 Å². The zero-order valence-corrected chi connectivity index (χ0v) is 15.0. The quantitative estimate of drug-likeness (QED) is 0.486. The maximum atomic E-state index is 4.32. The summed E-state index contributed by atoms with van der Waals surface area (Å²) < 4.78 is 2.14. The molecule has 0 fully saturated rings. The number of halogens is 1. The molecule has 1 aromatic heterocycles. The van der Waals surface area contributed by atoms with Crippen molar-refractivity contribution in [3.8, 4) is 0 Å². The normalized spacial score (nSPS) is 11.4. The fraction of sp³-hybridized carbons (Fsp3) is 0.643. The van der Waals surface area contributed by atoms with Gasteiger partial charge < -0.3 is 14.8 Å². The Hall–Kier alpha value is -0.720. The molecular weight excluding hydrogens is 351 g/mol. The standard InChI is InChI=1S/C14H26N4.HI/c1-12(2)8-9-16-14(15-3)18(5)11-13-7-6-10-17(13)4;/h6-7,10,12H,8-9,11H2,1-5H3,(H,15,16);1H. The molecule has 0 aliphatic rings. The molecule has 0 saturated carbocycles. The van der Waals surface area contributed by atoms with Gasteiger partial charge >= 0.3 is 0 Å². The van der Waals surface area contributed by atoms with Crippen LogP contribution in [0.25, 0.3) is 0 Å². The number of aliphatic imine (C=N–C) groups is 1. The van der Waals surface area contributed by atoms with Crippen molar-refractivity contribution in [1.82, 2.24) is 14.8 Å². The third kappa shape index (κ3) is 6.31. The number of rotatable bonds is 5. The van der Waals surface area contributed by atoms with Crippen molar-refractivity contribution in [2.45, 2.75) is 26.8 Å². The summed E-state index contributed by atoms with van der Waals surface area (Å²) in [6, 6.07) is 4.20. The number of aromatic nitrogens is 1. The van der Waals surface area contributed by atoms with E-state index in [-0.39, 0.29) is 24.0 Å². The molecule has 0 aliphatic carbocycles. The molecule has 0 amide bonds. The number of nitrogens with zero attached hydrogens (tertiary/aromatic N) is 3. The molecule has 19 heavy (non-hydrogen) atoms. The molecule has 0 spiro atoms. The number of nitrogens with one attached hydrogen (secondary N) is 1. The third-order valence-electron chi connectivity index (χ3n) is 3.03. The summed E-state index contributed by atoms with van der Waals surface area (Å²) in [5.41, 5.74) is 1.28. The zero-order chi connectivity index (χ0) is 13.5. The summed E-state index contributed by atoms with van der Waals surface area (Å²) in [5.74, 6) is 1.67. The lowest BCUT2D eigenvalue weighted by molar-refractivity contribution is 0.456. The Balaban J connectivity index is 0.00000324. The van der Waals surface area contributed by atoms with Crippen molar-refractivity contribution in [2.24, 2.45) is 18.0 Å². The van der Waals surface area contributed by atoms with Gasteiger partial charge in [0.1, 0.15) is 0 Å². The van der Waals surface area contributed by atoms with Crippen LogP contribution < -0.4 is 5.32 Å². The average Bonchev–Trinajstić information content (AvgIpc) is 2.70. The van der Waals surface area contributed by atoms with Crippen molar-refractivity contribution < 1.29 is 0 Å². The zero-order valence-electron chi connectivity index (χ0n) is 12.7. The predicted octanol–water partition coefficient (Wildman–Crippen LogP) is 2.70. The summed E-state index contributed by atoms with van der Waals surface area (Å²) in [6.45, 7) is 6.31. The second-order valence-electron chi connectivity index (χ2n) is 5.12. The van der Waals surface area contributed by atoms with Gasteiger partial charge in [0, 0.05) is 39.6 Å². The molecule has 5 heteroatoms. The van der Waals surface area contributed by atoms with Crippen LogP contribution in [0.1, 0.15) is 26.0 Å². The van der Waals surface area contributed by atoms with E-state index in [2.05, 4.69) is 66.0 Å². The van der Waals surface area contributed by atoms with Crippen LogP contribution >= 0.6 is 24.0 Å². The molecule has 0 aliphatic heterocycles. The second kappa shape index (κ2) is 9.23. The largest absolute Gasteiger partial charge is 0.356 e. The van der Waals surface area contributed by atoms with Crippen molar-refractivity contribution in [3.05, 3.63) is 24.0 Å². The lowest BCUT2D eigenvalue weighted by Crippen LogP contribution is -2.39. The minimum atomic E-state index is 0. The Morgan fingerprint density at radius 3 is 2.63 bits per heavy atom. The Bertz CT molecular complexity index is 385. The number of aryl methyl sites for hydroxylation is 1. The molecule has 1 aromatic rings. The Morgan fingerprint density at radius 1 is 1.47 bits per heavy atom. The fourth-order valence-electron chi connectivity index (χ4n) is 1.84. The van der Waals surface area contributed by atoms with Gasteiger partial charge in [-0.25, -0.2) is 0 Å². The first-order valence-corrected chi connectivity index (χ1v) is 6.56. The predicted molar refractivity (Wildman–Crippen MR) is 93.1 cm³/mol. The molecule has 0 saturated heterocycles. The van der Waals surface area contributed by atoms with E-state index in [0.29, 0.717) is 5.92 Å². The van der Waals surface area contributed by atoms with Crippen LogP contribution in [0.4, 0.5) is 0 Å². The third-order valence-corrected chi connectivity index (χ3v) is 3.03. The Labute approximate surface area is 134 Å². The molecule has 0 unspecified atom stereocenters. The molecule has 110 valence electrons. The molecule has 1 heterocycles. The van der Waals surface area contributed by atoms with Crippen LogP contribution in [-0.4, -0.2) is 36.1 Å². The van der Waals surface area contributed by atoms with E-state index in [1.54, 1.807) is 0 Å². The Morgan fingerprint density at radius 2 is 2.16 bits per heavy atom. The van der Waals surface area contributed by atoms with Gasteiger partial charge in [0.05, 0.1) is 6.54 Å². The van der Waals surface area contributed by atoms with Crippen molar-refractivity contribution >= 4 is 29.9 Å². The van der Waals surface area contributed by atoms with E-state index >= 15 is 0 Å². The van der Waals surface area contributed by atoms with Gasteiger partial charge in [-0.3, -0.25) is 4.99 Å². The van der Waals surface area contributed by atoms with Crippen molar-refractivity contribution in [1.29, 1.82) is 0 Å².